The molecule has 3 aromatic carbocycles. The van der Waals surface area contributed by atoms with Gasteiger partial charge >= 0.3 is 0 Å². The van der Waals surface area contributed by atoms with Crippen LogP contribution >= 0.6 is 0 Å². The molecule has 0 unspecified atom stereocenters. The van der Waals surface area contributed by atoms with Gasteiger partial charge in [-0.2, -0.15) is 0 Å². The number of hydrogen-bond donors (Lipinski definition) is 0. The highest BCUT2D eigenvalue weighted by molar-refractivity contribution is 7.90. The van der Waals surface area contributed by atoms with E-state index in [-0.39, 0.29) is 0 Å². The highest BCUT2D eigenvalue weighted by atomic mass is 32.2. The number of fused-ring (bicyclic) bond motifs is 3. The van der Waals surface area contributed by atoms with E-state index in [4.69, 9.17) is 0 Å². The molecule has 0 bridgehead atoms. The maximum Gasteiger partial charge on any atom is 0.268 e. The van der Waals surface area contributed by atoms with Crippen LogP contribution in [0.25, 0.3) is 21.8 Å². The van der Waals surface area contributed by atoms with Crippen LogP contribution < -0.4 is 0 Å². The number of para-hydroxylation sites is 2. The third kappa shape index (κ3) is 2.07. The Morgan fingerprint density at radius 3 is 2.17 bits per heavy atom. The molecule has 120 valence electrons. The fourth-order valence-electron chi connectivity index (χ4n) is 3.21. The average Bonchev–Trinajstić information content (AvgIpc) is 2.92. The van der Waals surface area contributed by atoms with Gasteiger partial charge in [-0.1, -0.05) is 54.1 Å². The van der Waals surface area contributed by atoms with Gasteiger partial charge in [-0.05, 0) is 37.6 Å². The Morgan fingerprint density at radius 1 is 0.750 bits per heavy atom. The highest BCUT2D eigenvalue weighted by Crippen LogP contribution is 2.34. The van der Waals surface area contributed by atoms with E-state index in [0.717, 1.165) is 27.4 Å². The molecule has 0 atom stereocenters. The van der Waals surface area contributed by atoms with Crippen molar-refractivity contribution in [3.63, 3.8) is 0 Å². The van der Waals surface area contributed by atoms with Gasteiger partial charge in [0.1, 0.15) is 0 Å². The number of benzene rings is 3. The minimum atomic E-state index is -3.67. The van der Waals surface area contributed by atoms with Gasteiger partial charge in [0.2, 0.25) is 0 Å². The molecule has 0 aliphatic heterocycles. The predicted octanol–water partition coefficient (Wildman–Crippen LogP) is 4.65. The van der Waals surface area contributed by atoms with Crippen LogP contribution in [0.1, 0.15) is 11.1 Å². The lowest BCUT2D eigenvalue weighted by atomic mass is 10.1. The van der Waals surface area contributed by atoms with Crippen molar-refractivity contribution in [2.75, 3.05) is 0 Å². The molecule has 0 spiro atoms. The summed E-state index contributed by atoms with van der Waals surface area (Å²) in [5.74, 6) is 0. The quantitative estimate of drug-likeness (QED) is 0.535. The molecule has 0 saturated heterocycles. The van der Waals surface area contributed by atoms with Crippen LogP contribution in [0.15, 0.2) is 71.6 Å². The molecule has 24 heavy (non-hydrogen) atoms. The van der Waals surface area contributed by atoms with E-state index < -0.39 is 10.0 Å². The van der Waals surface area contributed by atoms with Crippen LogP contribution in [0.3, 0.4) is 0 Å². The van der Waals surface area contributed by atoms with E-state index in [1.165, 1.54) is 3.97 Å². The van der Waals surface area contributed by atoms with E-state index in [9.17, 15) is 8.42 Å². The van der Waals surface area contributed by atoms with E-state index in [2.05, 4.69) is 0 Å². The zero-order chi connectivity index (χ0) is 16.9. The number of aromatic nitrogens is 1. The van der Waals surface area contributed by atoms with E-state index >= 15 is 0 Å². The molecular weight excluding hydrogens is 318 g/mol. The third-order valence-corrected chi connectivity index (χ3v) is 6.14. The number of aryl methyl sites for hydroxylation is 2. The molecule has 0 amide bonds. The Morgan fingerprint density at radius 2 is 1.42 bits per heavy atom. The van der Waals surface area contributed by atoms with Crippen molar-refractivity contribution < 1.29 is 8.42 Å². The van der Waals surface area contributed by atoms with Crippen LogP contribution in [-0.2, 0) is 10.0 Å². The van der Waals surface area contributed by atoms with Gasteiger partial charge in [0.25, 0.3) is 10.0 Å². The summed E-state index contributed by atoms with van der Waals surface area (Å²) in [4.78, 5) is 0.305. The van der Waals surface area contributed by atoms with Crippen molar-refractivity contribution in [3.8, 4) is 0 Å². The Kier molecular flexibility index (Phi) is 3.25. The first-order valence-electron chi connectivity index (χ1n) is 7.81. The number of hydrogen-bond acceptors (Lipinski definition) is 2. The fraction of sp³-hybridized carbons (Fsp3) is 0.100. The Labute approximate surface area is 141 Å². The van der Waals surface area contributed by atoms with Crippen molar-refractivity contribution in [1.82, 2.24) is 3.97 Å². The van der Waals surface area contributed by atoms with Gasteiger partial charge in [-0.15, -0.1) is 0 Å². The van der Waals surface area contributed by atoms with Crippen molar-refractivity contribution in [2.45, 2.75) is 18.7 Å². The summed E-state index contributed by atoms with van der Waals surface area (Å²) in [7, 11) is -3.67. The molecular formula is C20H17NO2S. The van der Waals surface area contributed by atoms with Crippen LogP contribution in [0, 0.1) is 13.8 Å². The summed E-state index contributed by atoms with van der Waals surface area (Å²) < 4.78 is 28.2. The molecule has 0 aliphatic rings. The summed E-state index contributed by atoms with van der Waals surface area (Å²) in [6.45, 7) is 3.89. The number of nitrogens with zero attached hydrogens (tertiary/aromatic N) is 1. The topological polar surface area (TPSA) is 39.1 Å². The van der Waals surface area contributed by atoms with Gasteiger partial charge < -0.3 is 0 Å². The molecule has 0 aliphatic carbocycles. The largest absolute Gasteiger partial charge is 0.268 e. The summed E-state index contributed by atoms with van der Waals surface area (Å²) >= 11 is 0. The van der Waals surface area contributed by atoms with E-state index in [1.807, 2.05) is 68.4 Å². The summed E-state index contributed by atoms with van der Waals surface area (Å²) in [6.07, 6.45) is 0. The zero-order valence-electron chi connectivity index (χ0n) is 13.5. The van der Waals surface area contributed by atoms with Crippen LogP contribution in [-0.4, -0.2) is 12.4 Å². The first kappa shape index (κ1) is 15.0. The molecule has 4 heteroatoms. The molecule has 4 rings (SSSR count). The Bertz CT molecular complexity index is 1170. The van der Waals surface area contributed by atoms with Crippen LogP contribution in [0.5, 0.6) is 0 Å². The standard InChI is InChI=1S/C20H17NO2S/c1-14-10-12-16(13-11-14)24(22,23)21-19-9-4-3-7-17(19)18-8-5-6-15(2)20(18)21/h3-13H,1-2H3. The van der Waals surface area contributed by atoms with Crippen molar-refractivity contribution in [2.24, 2.45) is 0 Å². The second kappa shape index (κ2) is 5.21. The molecule has 4 aromatic rings. The summed E-state index contributed by atoms with van der Waals surface area (Å²) in [5, 5.41) is 1.91. The minimum Gasteiger partial charge on any atom is -0.233 e. The Hall–Kier alpha value is -2.59. The smallest absolute Gasteiger partial charge is 0.233 e. The zero-order valence-corrected chi connectivity index (χ0v) is 14.3. The van der Waals surface area contributed by atoms with Gasteiger partial charge in [0, 0.05) is 10.8 Å². The molecule has 0 N–H and O–H groups in total. The van der Waals surface area contributed by atoms with Crippen molar-refractivity contribution >= 4 is 31.8 Å². The second-order valence-corrected chi connectivity index (χ2v) is 7.86. The van der Waals surface area contributed by atoms with Crippen LogP contribution in [0.4, 0.5) is 0 Å². The average molecular weight is 335 g/mol. The van der Waals surface area contributed by atoms with Gasteiger partial charge in [0.15, 0.2) is 0 Å². The van der Waals surface area contributed by atoms with Crippen molar-refractivity contribution in [3.05, 3.63) is 77.9 Å². The molecule has 1 aromatic heterocycles. The lowest BCUT2D eigenvalue weighted by Crippen LogP contribution is -2.13. The maximum absolute atomic E-state index is 13.3. The lowest BCUT2D eigenvalue weighted by Gasteiger charge is -2.11. The maximum atomic E-state index is 13.3. The SMILES string of the molecule is Cc1ccc(S(=O)(=O)n2c3ccccc3c3cccc(C)c32)cc1. The number of rotatable bonds is 2. The first-order chi connectivity index (χ1) is 11.5. The monoisotopic (exact) mass is 335 g/mol. The second-order valence-electron chi connectivity index (χ2n) is 6.07. The molecule has 0 fully saturated rings. The van der Waals surface area contributed by atoms with Gasteiger partial charge in [0.05, 0.1) is 15.9 Å². The molecule has 1 heterocycles. The van der Waals surface area contributed by atoms with E-state index in [1.54, 1.807) is 12.1 Å². The molecule has 3 nitrogen and oxygen atoms in total. The third-order valence-electron chi connectivity index (χ3n) is 4.41. The Balaban J connectivity index is 2.17. The lowest BCUT2D eigenvalue weighted by molar-refractivity contribution is 0.590. The normalized spacial score (nSPS) is 12.1. The summed E-state index contributed by atoms with van der Waals surface area (Å²) in [6, 6.07) is 20.5. The fourth-order valence-corrected chi connectivity index (χ4v) is 4.80. The predicted molar refractivity (Wildman–Crippen MR) is 97.9 cm³/mol. The van der Waals surface area contributed by atoms with Crippen LogP contribution in [0.2, 0.25) is 0 Å². The summed E-state index contributed by atoms with van der Waals surface area (Å²) in [5.41, 5.74) is 3.44. The first-order valence-corrected chi connectivity index (χ1v) is 9.25. The molecule has 0 radical (unpaired) electrons. The minimum absolute atomic E-state index is 0.305. The van der Waals surface area contributed by atoms with E-state index in [0.29, 0.717) is 10.4 Å². The van der Waals surface area contributed by atoms with Gasteiger partial charge in [-0.25, -0.2) is 12.4 Å². The van der Waals surface area contributed by atoms with Crippen molar-refractivity contribution in [1.29, 1.82) is 0 Å². The highest BCUT2D eigenvalue weighted by Gasteiger charge is 2.23. The van der Waals surface area contributed by atoms with Gasteiger partial charge in [-0.3, -0.25) is 0 Å². The molecule has 0 saturated carbocycles.